The van der Waals surface area contributed by atoms with Gasteiger partial charge >= 0.3 is 0 Å². The standard InChI is InChI=1S/C58H35N5S/c1-3-17-47-41(13-1)57(36-10-6-28-59-32-36,37-11-7-29-60-33-37)42-14-2-4-18-48(42)63(47)49-19-5-12-38-39-25-27-44-52(56(39)64-55(38)49)40-24-22-34-20-21-35-23-26-43(51(40)50(34)35)58(44)45-15-8-30-61-53(45)54-46(58)16-9-31-62-54/h1-19,22-33H,20-21H2. The van der Waals surface area contributed by atoms with Crippen molar-refractivity contribution in [1.29, 1.82) is 0 Å². The summed E-state index contributed by atoms with van der Waals surface area (Å²) in [6.45, 7) is 0. The summed E-state index contributed by atoms with van der Waals surface area (Å²) in [4.78, 5) is 22.1. The van der Waals surface area contributed by atoms with E-state index in [9.17, 15) is 0 Å². The van der Waals surface area contributed by atoms with Gasteiger partial charge in [-0.1, -0.05) is 109 Å². The third kappa shape index (κ3) is 4.07. The molecule has 0 fully saturated rings. The number of pyridine rings is 4. The zero-order valence-corrected chi connectivity index (χ0v) is 35.3. The first-order valence-corrected chi connectivity index (χ1v) is 22.9. The number of fused-ring (bicyclic) bond motifs is 15. The average Bonchev–Trinajstić information content (AvgIpc) is 4.06. The fraction of sp³-hybridized carbons (Fsp3) is 0.0690. The van der Waals surface area contributed by atoms with Crippen LogP contribution in [0.3, 0.4) is 0 Å². The van der Waals surface area contributed by atoms with Gasteiger partial charge in [0.25, 0.3) is 0 Å². The van der Waals surface area contributed by atoms with Gasteiger partial charge in [0.15, 0.2) is 0 Å². The lowest BCUT2D eigenvalue weighted by molar-refractivity contribution is 0.722. The summed E-state index contributed by atoms with van der Waals surface area (Å²) in [7, 11) is 0. The predicted octanol–water partition coefficient (Wildman–Crippen LogP) is 13.4. The zero-order chi connectivity index (χ0) is 41.7. The number of para-hydroxylation sites is 2. The predicted molar refractivity (Wildman–Crippen MR) is 258 cm³/mol. The summed E-state index contributed by atoms with van der Waals surface area (Å²) < 4.78 is 2.57. The molecule has 0 bridgehead atoms. The van der Waals surface area contributed by atoms with E-state index in [-0.39, 0.29) is 0 Å². The second-order valence-electron chi connectivity index (χ2n) is 17.6. The maximum absolute atomic E-state index is 5.06. The van der Waals surface area contributed by atoms with Gasteiger partial charge in [-0.15, -0.1) is 11.3 Å². The highest BCUT2D eigenvalue weighted by atomic mass is 32.1. The van der Waals surface area contributed by atoms with Crippen molar-refractivity contribution in [2.45, 2.75) is 23.7 Å². The van der Waals surface area contributed by atoms with Crippen LogP contribution in [0.1, 0.15) is 55.6 Å². The molecule has 4 aliphatic rings. The first-order valence-electron chi connectivity index (χ1n) is 22.1. The van der Waals surface area contributed by atoms with E-state index < -0.39 is 10.8 Å². The molecule has 11 aromatic rings. The third-order valence-electron chi connectivity index (χ3n) is 14.9. The molecule has 6 heteroatoms. The smallest absolute Gasteiger partial charge is 0.0937 e. The van der Waals surface area contributed by atoms with E-state index in [4.69, 9.17) is 19.9 Å². The van der Waals surface area contributed by atoms with Gasteiger partial charge in [0.1, 0.15) is 0 Å². The molecule has 0 atom stereocenters. The molecule has 3 aliphatic carbocycles. The second kappa shape index (κ2) is 12.4. The van der Waals surface area contributed by atoms with E-state index in [1.807, 2.05) is 48.5 Å². The zero-order valence-electron chi connectivity index (χ0n) is 34.5. The van der Waals surface area contributed by atoms with Crippen molar-refractivity contribution in [3.05, 3.63) is 244 Å². The molecule has 5 nitrogen and oxygen atoms in total. The van der Waals surface area contributed by atoms with E-state index in [1.54, 1.807) is 0 Å². The minimum Gasteiger partial charge on any atom is -0.308 e. The highest BCUT2D eigenvalue weighted by Crippen LogP contribution is 2.64. The average molecular weight is 834 g/mol. The van der Waals surface area contributed by atoms with E-state index in [1.165, 1.54) is 86.6 Å². The van der Waals surface area contributed by atoms with Crippen LogP contribution in [-0.2, 0) is 23.7 Å². The van der Waals surface area contributed by atoms with Crippen LogP contribution >= 0.6 is 11.3 Å². The maximum Gasteiger partial charge on any atom is 0.0937 e. The Morgan fingerprint density at radius 3 is 1.66 bits per heavy atom. The van der Waals surface area contributed by atoms with Gasteiger partial charge in [-0.3, -0.25) is 19.9 Å². The Balaban J connectivity index is 1.05. The van der Waals surface area contributed by atoms with Crippen LogP contribution in [0.25, 0.3) is 53.5 Å². The Bertz CT molecular complexity index is 3670. The van der Waals surface area contributed by atoms with Crippen LogP contribution in [-0.4, -0.2) is 19.9 Å². The number of aromatic nitrogens is 4. The Hall–Kier alpha value is -7.80. The van der Waals surface area contributed by atoms with E-state index in [0.717, 1.165) is 52.4 Å². The third-order valence-corrected chi connectivity index (χ3v) is 16.2. The minimum atomic E-state index is -0.654. The number of aryl methyl sites for hydroxylation is 2. The molecule has 15 rings (SSSR count). The fourth-order valence-corrected chi connectivity index (χ4v) is 13.9. The first kappa shape index (κ1) is 34.7. The number of hydrogen-bond donors (Lipinski definition) is 0. The van der Waals surface area contributed by atoms with Crippen molar-refractivity contribution >= 4 is 59.3 Å². The molecule has 6 heterocycles. The molecule has 1 aliphatic heterocycles. The van der Waals surface area contributed by atoms with Crippen molar-refractivity contribution in [3.63, 3.8) is 0 Å². The molecule has 5 aromatic heterocycles. The van der Waals surface area contributed by atoms with Crippen LogP contribution < -0.4 is 4.90 Å². The molecule has 0 amide bonds. The molecule has 64 heavy (non-hydrogen) atoms. The summed E-state index contributed by atoms with van der Waals surface area (Å²) >= 11 is 1.93. The summed E-state index contributed by atoms with van der Waals surface area (Å²) in [5, 5.41) is 5.36. The van der Waals surface area contributed by atoms with Crippen molar-refractivity contribution in [2.75, 3.05) is 4.90 Å². The lowest BCUT2D eigenvalue weighted by Crippen LogP contribution is -2.37. The lowest BCUT2D eigenvalue weighted by atomic mass is 9.61. The number of rotatable bonds is 3. The second-order valence-corrected chi connectivity index (χ2v) is 18.6. The van der Waals surface area contributed by atoms with Crippen LogP contribution in [0.5, 0.6) is 0 Å². The Kier molecular flexibility index (Phi) is 6.75. The fourth-order valence-electron chi connectivity index (χ4n) is 12.6. The monoisotopic (exact) mass is 833 g/mol. The molecule has 0 unspecified atom stereocenters. The van der Waals surface area contributed by atoms with E-state index in [2.05, 4.69) is 157 Å². The Labute approximate surface area is 373 Å². The molecule has 298 valence electrons. The van der Waals surface area contributed by atoms with Crippen LogP contribution in [0.15, 0.2) is 189 Å². The topological polar surface area (TPSA) is 54.8 Å². The minimum absolute atomic E-state index is 0.574. The molecule has 0 radical (unpaired) electrons. The van der Waals surface area contributed by atoms with Gasteiger partial charge in [-0.05, 0) is 127 Å². The first-order chi connectivity index (χ1) is 31.8. The molecule has 6 aromatic carbocycles. The summed E-state index contributed by atoms with van der Waals surface area (Å²) in [6.07, 6.45) is 13.8. The Morgan fingerprint density at radius 2 is 1.00 bits per heavy atom. The van der Waals surface area contributed by atoms with Crippen LogP contribution in [0.4, 0.5) is 17.1 Å². The van der Waals surface area contributed by atoms with Gasteiger partial charge in [0.05, 0.1) is 44.0 Å². The Morgan fingerprint density at radius 1 is 0.422 bits per heavy atom. The number of benzene rings is 6. The summed E-state index contributed by atoms with van der Waals surface area (Å²) in [5.74, 6) is 0. The highest BCUT2D eigenvalue weighted by Gasteiger charge is 2.53. The SMILES string of the molecule is c1cncc(C2(c3cccnc3)c3ccccc3N(c3cccc4c3sc3c5c(ccc34)C3(c4cccnc4-c4ncccc43)c3ccc4c6c(ccc-5c36)CC4)c3ccccc32)c1. The molecule has 0 saturated carbocycles. The molecular formula is C58H35N5S. The van der Waals surface area contributed by atoms with Gasteiger partial charge in [-0.2, -0.15) is 0 Å². The van der Waals surface area contributed by atoms with Gasteiger partial charge < -0.3 is 4.90 Å². The summed E-state index contributed by atoms with van der Waals surface area (Å²) in [5.41, 5.74) is 19.4. The summed E-state index contributed by atoms with van der Waals surface area (Å²) in [6, 6.07) is 56.6. The van der Waals surface area contributed by atoms with Crippen LogP contribution in [0, 0.1) is 0 Å². The molecule has 1 spiro atoms. The molecule has 0 saturated heterocycles. The molecule has 0 N–H and O–H groups in total. The van der Waals surface area contributed by atoms with Gasteiger partial charge in [-0.25, -0.2) is 0 Å². The number of nitrogens with zero attached hydrogens (tertiary/aromatic N) is 5. The van der Waals surface area contributed by atoms with Crippen LogP contribution in [0.2, 0.25) is 0 Å². The van der Waals surface area contributed by atoms with E-state index >= 15 is 0 Å². The number of hydrogen-bond acceptors (Lipinski definition) is 6. The largest absolute Gasteiger partial charge is 0.308 e. The quantitative estimate of drug-likeness (QED) is 0.177. The molecular weight excluding hydrogens is 799 g/mol. The number of anilines is 3. The highest BCUT2D eigenvalue weighted by molar-refractivity contribution is 7.27. The van der Waals surface area contributed by atoms with Crippen molar-refractivity contribution < 1.29 is 0 Å². The number of thiophene rings is 1. The maximum atomic E-state index is 5.06. The lowest BCUT2D eigenvalue weighted by Gasteiger charge is -2.46. The van der Waals surface area contributed by atoms with Gasteiger partial charge in [0.2, 0.25) is 0 Å². The van der Waals surface area contributed by atoms with Crippen molar-refractivity contribution in [3.8, 4) is 22.5 Å². The van der Waals surface area contributed by atoms with Gasteiger partial charge in [0, 0.05) is 58.2 Å². The van der Waals surface area contributed by atoms with Crippen molar-refractivity contribution in [2.24, 2.45) is 0 Å². The normalized spacial score (nSPS) is 15.3. The van der Waals surface area contributed by atoms with E-state index in [0.29, 0.717) is 0 Å². The van der Waals surface area contributed by atoms with Crippen molar-refractivity contribution in [1.82, 2.24) is 19.9 Å².